The molecule has 0 amide bonds. The Bertz CT molecular complexity index is 1020. The van der Waals surface area contributed by atoms with Crippen molar-refractivity contribution in [3.63, 3.8) is 0 Å². The van der Waals surface area contributed by atoms with Gasteiger partial charge < -0.3 is 28.5 Å². The number of carboxylic acids is 1. The minimum atomic E-state index is -1.52. The lowest BCUT2D eigenvalue weighted by Crippen LogP contribution is -2.40. The molecule has 0 aliphatic rings. The molecule has 0 aliphatic carbocycles. The highest BCUT2D eigenvalue weighted by atomic mass is 16.7. The number of hydrogen-bond donors (Lipinski definition) is 1. The van der Waals surface area contributed by atoms with E-state index in [2.05, 4.69) is 74.6 Å². The number of allylic oxidation sites excluding steroid dienone is 10. The maximum absolute atomic E-state index is 12.7. The van der Waals surface area contributed by atoms with E-state index in [-0.39, 0.29) is 32.2 Å². The predicted molar refractivity (Wildman–Crippen MR) is 207 cm³/mol. The molecule has 0 fully saturated rings. The molecule has 0 aromatic carbocycles. The fourth-order valence-corrected chi connectivity index (χ4v) is 4.74. The molecule has 0 aromatic rings. The van der Waals surface area contributed by atoms with Crippen molar-refractivity contribution in [3.05, 3.63) is 60.8 Å². The molecule has 2 unspecified atom stereocenters. The fourth-order valence-electron chi connectivity index (χ4n) is 4.74. The van der Waals surface area contributed by atoms with Crippen LogP contribution in [0.25, 0.3) is 0 Å². The Morgan fingerprint density at radius 2 is 1.12 bits per heavy atom. The van der Waals surface area contributed by atoms with Gasteiger partial charge in [0.2, 0.25) is 0 Å². The zero-order valence-corrected chi connectivity index (χ0v) is 32.7. The molecule has 0 spiro atoms. The first kappa shape index (κ1) is 48.0. The normalized spacial score (nSPS) is 13.7. The second-order valence-electron chi connectivity index (χ2n) is 13.9. The van der Waals surface area contributed by atoms with Gasteiger partial charge in [0.1, 0.15) is 13.2 Å². The van der Waals surface area contributed by atoms with Crippen LogP contribution in [0.5, 0.6) is 0 Å². The molecule has 9 heteroatoms. The summed E-state index contributed by atoms with van der Waals surface area (Å²) in [5.74, 6) is -2.07. The number of esters is 2. The van der Waals surface area contributed by atoms with E-state index in [0.29, 0.717) is 23.9 Å². The summed E-state index contributed by atoms with van der Waals surface area (Å²) in [5, 5.41) is 9.57. The zero-order chi connectivity index (χ0) is 37.8. The van der Waals surface area contributed by atoms with Crippen molar-refractivity contribution in [1.29, 1.82) is 0 Å². The number of carbonyl (C=O) groups is 3. The molecule has 0 radical (unpaired) electrons. The number of aliphatic carboxylic acids is 1. The van der Waals surface area contributed by atoms with E-state index in [1.165, 1.54) is 25.7 Å². The van der Waals surface area contributed by atoms with Crippen molar-refractivity contribution >= 4 is 17.9 Å². The molecule has 292 valence electrons. The van der Waals surface area contributed by atoms with Gasteiger partial charge in [-0.25, -0.2) is 4.79 Å². The Hall–Kier alpha value is -3.01. The van der Waals surface area contributed by atoms with E-state index in [0.717, 1.165) is 70.6 Å². The van der Waals surface area contributed by atoms with Crippen LogP contribution >= 0.6 is 0 Å². The molecule has 9 nitrogen and oxygen atoms in total. The van der Waals surface area contributed by atoms with Crippen LogP contribution in [0.3, 0.4) is 0 Å². The Balaban J connectivity index is 4.53. The number of nitrogens with zero attached hydrogens (tertiary/aromatic N) is 1. The van der Waals surface area contributed by atoms with Gasteiger partial charge in [-0.2, -0.15) is 0 Å². The van der Waals surface area contributed by atoms with Crippen LogP contribution in [-0.2, 0) is 33.3 Å². The molecule has 51 heavy (non-hydrogen) atoms. The first-order valence-electron chi connectivity index (χ1n) is 19.5. The third-order valence-electron chi connectivity index (χ3n) is 7.79. The van der Waals surface area contributed by atoms with Crippen LogP contribution in [0.2, 0.25) is 0 Å². The monoisotopic (exact) mass is 719 g/mol. The van der Waals surface area contributed by atoms with Crippen molar-refractivity contribution in [2.45, 2.75) is 142 Å². The molecule has 0 heterocycles. The largest absolute Gasteiger partial charge is 0.477 e. The Kier molecular flexibility index (Phi) is 32.1. The molecule has 0 bridgehead atoms. The summed E-state index contributed by atoms with van der Waals surface area (Å²) in [6.45, 7) is 4.63. The lowest BCUT2D eigenvalue weighted by molar-refractivity contribution is -0.870. The maximum Gasteiger partial charge on any atom is 0.361 e. The number of unbranched alkanes of at least 4 members (excludes halogenated alkanes) is 9. The van der Waals surface area contributed by atoms with Crippen LogP contribution in [-0.4, -0.2) is 87.4 Å². The smallest absolute Gasteiger partial charge is 0.361 e. The number of likely N-dealkylation sites (N-methyl/N-ethyl adjacent to an activating group) is 1. The van der Waals surface area contributed by atoms with E-state index >= 15 is 0 Å². The minimum Gasteiger partial charge on any atom is -0.477 e. The average molecular weight is 719 g/mol. The van der Waals surface area contributed by atoms with Gasteiger partial charge >= 0.3 is 17.9 Å². The average Bonchev–Trinajstić information content (AvgIpc) is 3.08. The van der Waals surface area contributed by atoms with E-state index < -0.39 is 24.3 Å². The second kappa shape index (κ2) is 34.1. The first-order valence-corrected chi connectivity index (χ1v) is 19.5. The fraction of sp³-hybridized carbons (Fsp3) is 0.690. The summed E-state index contributed by atoms with van der Waals surface area (Å²) < 4.78 is 22.5. The lowest BCUT2D eigenvalue weighted by Gasteiger charge is -2.25. The number of rotatable bonds is 34. The van der Waals surface area contributed by atoms with Crippen LogP contribution in [0, 0.1) is 0 Å². The topological polar surface area (TPSA) is 108 Å². The van der Waals surface area contributed by atoms with Crippen LogP contribution in [0.1, 0.15) is 129 Å². The molecular formula is C42H72NO8+. The van der Waals surface area contributed by atoms with Gasteiger partial charge in [0, 0.05) is 12.8 Å². The summed E-state index contributed by atoms with van der Waals surface area (Å²) in [6, 6.07) is 0. The summed E-state index contributed by atoms with van der Waals surface area (Å²) in [4.78, 5) is 36.8. The van der Waals surface area contributed by atoms with Crippen molar-refractivity contribution in [3.8, 4) is 0 Å². The van der Waals surface area contributed by atoms with Crippen LogP contribution < -0.4 is 0 Å². The highest BCUT2D eigenvalue weighted by Crippen LogP contribution is 2.11. The molecule has 1 N–H and O–H groups in total. The molecule has 2 atom stereocenters. The van der Waals surface area contributed by atoms with Crippen LogP contribution in [0.15, 0.2) is 60.8 Å². The van der Waals surface area contributed by atoms with Gasteiger partial charge in [0.05, 0.1) is 34.4 Å². The van der Waals surface area contributed by atoms with Gasteiger partial charge in [-0.15, -0.1) is 0 Å². The summed E-state index contributed by atoms with van der Waals surface area (Å²) in [6.07, 6.45) is 35.9. The van der Waals surface area contributed by atoms with Gasteiger partial charge in [-0.05, 0) is 57.8 Å². The number of hydrogen-bond acceptors (Lipinski definition) is 7. The molecule has 0 saturated heterocycles. The highest BCUT2D eigenvalue weighted by Gasteiger charge is 2.25. The summed E-state index contributed by atoms with van der Waals surface area (Å²) in [7, 11) is 5.92. The molecule has 0 rings (SSSR count). The quantitative estimate of drug-likeness (QED) is 0.0231. The SMILES string of the molecule is CC/C=C\C/C=C\C/C=C\C/C=C\C/C=C\CCCCCC(=O)OC(COC(=O)CCCCCCCCC)COC(OCC[N+](C)(C)C)C(=O)O. The van der Waals surface area contributed by atoms with Gasteiger partial charge in [-0.3, -0.25) is 9.59 Å². The third kappa shape index (κ3) is 35.2. The summed E-state index contributed by atoms with van der Waals surface area (Å²) in [5.41, 5.74) is 0. The minimum absolute atomic E-state index is 0.179. The molecule has 0 aliphatic heterocycles. The zero-order valence-electron chi connectivity index (χ0n) is 32.7. The Morgan fingerprint density at radius 3 is 1.67 bits per heavy atom. The maximum atomic E-state index is 12.7. The number of ether oxygens (including phenoxy) is 4. The first-order chi connectivity index (χ1) is 24.6. The Morgan fingerprint density at radius 1 is 0.608 bits per heavy atom. The van der Waals surface area contributed by atoms with Gasteiger partial charge in [0.15, 0.2) is 6.10 Å². The van der Waals surface area contributed by atoms with Crippen molar-refractivity contribution in [1.82, 2.24) is 0 Å². The van der Waals surface area contributed by atoms with Crippen LogP contribution in [0.4, 0.5) is 0 Å². The third-order valence-corrected chi connectivity index (χ3v) is 7.79. The van der Waals surface area contributed by atoms with E-state index in [9.17, 15) is 19.5 Å². The van der Waals surface area contributed by atoms with Crippen molar-refractivity contribution < 1.29 is 42.9 Å². The lowest BCUT2D eigenvalue weighted by atomic mass is 10.1. The van der Waals surface area contributed by atoms with Crippen molar-refractivity contribution in [2.24, 2.45) is 0 Å². The second-order valence-corrected chi connectivity index (χ2v) is 13.9. The highest BCUT2D eigenvalue weighted by molar-refractivity contribution is 5.71. The van der Waals surface area contributed by atoms with Crippen molar-refractivity contribution in [2.75, 3.05) is 47.5 Å². The number of quaternary nitrogens is 1. The van der Waals surface area contributed by atoms with E-state index in [4.69, 9.17) is 18.9 Å². The molecule has 0 saturated carbocycles. The molecule has 0 aromatic heterocycles. The predicted octanol–water partition coefficient (Wildman–Crippen LogP) is 9.43. The van der Waals surface area contributed by atoms with E-state index in [1.807, 2.05) is 21.1 Å². The standard InChI is InChI=1S/C42H71NO8/c1-6-8-10-12-14-15-16-17-18-19-20-21-22-23-24-25-27-29-31-33-40(45)51-38(36-49-39(44)32-30-28-26-13-11-9-7-2)37-50-42(41(46)47)48-35-34-43(3,4)5/h8,10,14-15,17-18,20-21,23-24,38,42H,6-7,9,11-13,16,19,22,25-37H2,1-5H3/p+1/b10-8-,15-14-,18-17-,21-20-,24-23-. The number of carboxylic acid groups (broad SMARTS) is 1. The number of carbonyl (C=O) groups excluding carboxylic acids is 2. The van der Waals surface area contributed by atoms with Gasteiger partial charge in [0.25, 0.3) is 6.29 Å². The van der Waals surface area contributed by atoms with E-state index in [1.54, 1.807) is 0 Å². The summed E-state index contributed by atoms with van der Waals surface area (Å²) >= 11 is 0. The van der Waals surface area contributed by atoms with Gasteiger partial charge in [-0.1, -0.05) is 120 Å². The molecular weight excluding hydrogens is 646 g/mol. The Labute approximate surface area is 310 Å².